The predicted octanol–water partition coefficient (Wildman–Crippen LogP) is 2.30. The van der Waals surface area contributed by atoms with Crippen LogP contribution in [0.5, 0.6) is 0 Å². The highest BCUT2D eigenvalue weighted by Gasteiger charge is 2.13. The van der Waals surface area contributed by atoms with Gasteiger partial charge in [0.05, 0.1) is 4.92 Å². The third-order valence-corrected chi connectivity index (χ3v) is 2.98. The number of rotatable bonds is 3. The molecule has 5 heteroatoms. The summed E-state index contributed by atoms with van der Waals surface area (Å²) in [7, 11) is 0. The van der Waals surface area contributed by atoms with Crippen LogP contribution in [-0.2, 0) is 0 Å². The van der Waals surface area contributed by atoms with E-state index >= 15 is 0 Å². The molecule has 0 bridgehead atoms. The van der Waals surface area contributed by atoms with E-state index in [2.05, 4.69) is 22.6 Å². The third kappa shape index (κ3) is 2.42. The number of hydrogen-bond donors (Lipinski definition) is 1. The van der Waals surface area contributed by atoms with Gasteiger partial charge in [-0.15, -0.1) is 0 Å². The topological polar surface area (TPSA) is 63.4 Å². The maximum Gasteiger partial charge on any atom is 0.269 e. The lowest BCUT2D eigenvalue weighted by molar-refractivity contribution is -0.384. The van der Waals surface area contributed by atoms with Gasteiger partial charge in [-0.25, -0.2) is 0 Å². The van der Waals surface area contributed by atoms with E-state index in [0.717, 1.165) is 9.13 Å². The van der Waals surface area contributed by atoms with Gasteiger partial charge in [0.25, 0.3) is 5.69 Å². The summed E-state index contributed by atoms with van der Waals surface area (Å²) in [5.74, 6) is -0.0678. The molecule has 0 saturated heterocycles. The highest BCUT2D eigenvalue weighted by Crippen LogP contribution is 2.25. The van der Waals surface area contributed by atoms with Gasteiger partial charge in [-0.2, -0.15) is 0 Å². The molecule has 1 atom stereocenters. The average Bonchev–Trinajstić information content (AvgIpc) is 2.17. The minimum Gasteiger partial charge on any atom is -0.396 e. The standard InChI is InChI=1S/C9H10INO3/c1-6(5-12)8-4-7(11(13)14)2-3-9(8)10/h2-4,6,12H,5H2,1H3. The number of nitrogens with zero attached hydrogens (tertiary/aromatic N) is 1. The quantitative estimate of drug-likeness (QED) is 0.529. The molecular formula is C9H10INO3. The first-order chi connectivity index (χ1) is 6.56. The third-order valence-electron chi connectivity index (χ3n) is 2.00. The van der Waals surface area contributed by atoms with E-state index in [1.807, 2.05) is 6.92 Å². The maximum atomic E-state index is 10.5. The summed E-state index contributed by atoms with van der Waals surface area (Å²) < 4.78 is 0.940. The monoisotopic (exact) mass is 307 g/mol. The predicted molar refractivity (Wildman–Crippen MR) is 61.3 cm³/mol. The Morgan fingerprint density at radius 1 is 1.64 bits per heavy atom. The number of halogens is 1. The number of hydrogen-bond acceptors (Lipinski definition) is 3. The lowest BCUT2D eigenvalue weighted by Gasteiger charge is -2.09. The van der Waals surface area contributed by atoms with Crippen LogP contribution in [0, 0.1) is 13.7 Å². The van der Waals surface area contributed by atoms with Crippen molar-refractivity contribution in [2.75, 3.05) is 6.61 Å². The highest BCUT2D eigenvalue weighted by atomic mass is 127. The Labute approximate surface area is 95.2 Å². The lowest BCUT2D eigenvalue weighted by atomic mass is 10.0. The molecule has 0 aliphatic heterocycles. The number of aliphatic hydroxyl groups excluding tert-OH is 1. The van der Waals surface area contributed by atoms with Gasteiger partial charge >= 0.3 is 0 Å². The highest BCUT2D eigenvalue weighted by molar-refractivity contribution is 14.1. The molecule has 0 amide bonds. The van der Waals surface area contributed by atoms with E-state index in [9.17, 15) is 10.1 Å². The summed E-state index contributed by atoms with van der Waals surface area (Å²) in [5.41, 5.74) is 0.892. The number of benzene rings is 1. The molecule has 0 aromatic heterocycles. The number of nitro benzene ring substituents is 1. The van der Waals surface area contributed by atoms with Gasteiger partial charge in [-0.3, -0.25) is 10.1 Å². The van der Waals surface area contributed by atoms with Crippen molar-refractivity contribution in [1.82, 2.24) is 0 Å². The lowest BCUT2D eigenvalue weighted by Crippen LogP contribution is -2.02. The van der Waals surface area contributed by atoms with E-state index in [1.165, 1.54) is 12.1 Å². The Bertz CT molecular complexity index is 354. The van der Waals surface area contributed by atoms with Crippen LogP contribution in [0.4, 0.5) is 5.69 Å². The van der Waals surface area contributed by atoms with Crippen LogP contribution in [0.15, 0.2) is 18.2 Å². The summed E-state index contributed by atoms with van der Waals surface area (Å²) in [5, 5.41) is 19.5. The largest absolute Gasteiger partial charge is 0.396 e. The van der Waals surface area contributed by atoms with Crippen LogP contribution in [0.1, 0.15) is 18.4 Å². The van der Waals surface area contributed by atoms with Crippen LogP contribution in [0.2, 0.25) is 0 Å². The fourth-order valence-electron chi connectivity index (χ4n) is 1.12. The molecule has 1 aromatic rings. The SMILES string of the molecule is CC(CO)c1cc([N+](=O)[O-])ccc1I. The molecule has 1 rings (SSSR count). The maximum absolute atomic E-state index is 10.5. The van der Waals surface area contributed by atoms with Crippen LogP contribution in [0.25, 0.3) is 0 Å². The van der Waals surface area contributed by atoms with Crippen molar-refractivity contribution < 1.29 is 10.0 Å². The van der Waals surface area contributed by atoms with Crippen molar-refractivity contribution in [2.45, 2.75) is 12.8 Å². The van der Waals surface area contributed by atoms with Crippen molar-refractivity contribution in [2.24, 2.45) is 0 Å². The van der Waals surface area contributed by atoms with Crippen molar-refractivity contribution in [3.63, 3.8) is 0 Å². The molecule has 1 N–H and O–H groups in total. The van der Waals surface area contributed by atoms with E-state index in [0.29, 0.717) is 0 Å². The smallest absolute Gasteiger partial charge is 0.269 e. The minimum absolute atomic E-state index is 0.00281. The summed E-state index contributed by atoms with van der Waals surface area (Å²) in [6, 6.07) is 4.68. The first kappa shape index (κ1) is 11.4. The van der Waals surface area contributed by atoms with Crippen molar-refractivity contribution in [3.8, 4) is 0 Å². The zero-order chi connectivity index (χ0) is 10.7. The Morgan fingerprint density at radius 2 is 2.29 bits per heavy atom. The van der Waals surface area contributed by atoms with Gasteiger partial charge in [0, 0.05) is 28.2 Å². The number of non-ortho nitro benzene ring substituents is 1. The number of nitro groups is 1. The molecular weight excluding hydrogens is 297 g/mol. The van der Waals surface area contributed by atoms with Gasteiger partial charge in [0.15, 0.2) is 0 Å². The zero-order valence-corrected chi connectivity index (χ0v) is 9.76. The molecule has 0 fully saturated rings. The molecule has 14 heavy (non-hydrogen) atoms. The molecule has 0 aliphatic carbocycles. The van der Waals surface area contributed by atoms with Crippen molar-refractivity contribution in [1.29, 1.82) is 0 Å². The Kier molecular flexibility index (Phi) is 3.82. The van der Waals surface area contributed by atoms with Gasteiger partial charge in [-0.05, 0) is 34.2 Å². The van der Waals surface area contributed by atoms with E-state index in [4.69, 9.17) is 5.11 Å². The Balaban J connectivity index is 3.14. The van der Waals surface area contributed by atoms with Gasteiger partial charge in [0.1, 0.15) is 0 Å². The summed E-state index contributed by atoms with van der Waals surface area (Å²) in [4.78, 5) is 10.1. The van der Waals surface area contributed by atoms with Crippen LogP contribution >= 0.6 is 22.6 Å². The zero-order valence-electron chi connectivity index (χ0n) is 7.61. The van der Waals surface area contributed by atoms with Gasteiger partial charge < -0.3 is 5.11 Å². The minimum atomic E-state index is -0.427. The van der Waals surface area contributed by atoms with Crippen LogP contribution < -0.4 is 0 Å². The first-order valence-electron chi connectivity index (χ1n) is 4.11. The molecule has 1 unspecified atom stereocenters. The fraction of sp³-hybridized carbons (Fsp3) is 0.333. The molecule has 0 saturated carbocycles. The summed E-state index contributed by atoms with van der Waals surface area (Å²) in [6.07, 6.45) is 0. The van der Waals surface area contributed by atoms with E-state index in [-0.39, 0.29) is 18.2 Å². The first-order valence-corrected chi connectivity index (χ1v) is 5.19. The molecule has 0 radical (unpaired) electrons. The molecule has 1 aromatic carbocycles. The van der Waals surface area contributed by atoms with Crippen LogP contribution in [0.3, 0.4) is 0 Å². The van der Waals surface area contributed by atoms with Crippen LogP contribution in [-0.4, -0.2) is 16.6 Å². The second-order valence-electron chi connectivity index (χ2n) is 3.05. The molecule has 0 spiro atoms. The number of aliphatic hydroxyl groups is 1. The second kappa shape index (κ2) is 4.70. The van der Waals surface area contributed by atoms with Crippen molar-refractivity contribution >= 4 is 28.3 Å². The fourth-order valence-corrected chi connectivity index (χ4v) is 1.99. The van der Waals surface area contributed by atoms with E-state index in [1.54, 1.807) is 6.07 Å². The van der Waals surface area contributed by atoms with Gasteiger partial charge in [-0.1, -0.05) is 6.92 Å². The Hall–Kier alpha value is -0.690. The van der Waals surface area contributed by atoms with Crippen molar-refractivity contribution in [3.05, 3.63) is 37.4 Å². The summed E-state index contributed by atoms with van der Waals surface area (Å²) in [6.45, 7) is 1.83. The van der Waals surface area contributed by atoms with Gasteiger partial charge in [0.2, 0.25) is 0 Å². The molecule has 76 valence electrons. The molecule has 0 aliphatic rings. The Morgan fingerprint density at radius 3 is 2.79 bits per heavy atom. The summed E-state index contributed by atoms with van der Waals surface area (Å²) >= 11 is 2.11. The average molecular weight is 307 g/mol. The normalized spacial score (nSPS) is 12.5. The molecule has 0 heterocycles. The molecule has 4 nitrogen and oxygen atoms in total. The second-order valence-corrected chi connectivity index (χ2v) is 4.21. The van der Waals surface area contributed by atoms with E-state index < -0.39 is 4.92 Å².